The highest BCUT2D eigenvalue weighted by molar-refractivity contribution is 7.13. The van der Waals surface area contributed by atoms with Gasteiger partial charge in [0, 0.05) is 50.3 Å². The second kappa shape index (κ2) is 6.56. The van der Waals surface area contributed by atoms with Crippen molar-refractivity contribution in [3.63, 3.8) is 0 Å². The average Bonchev–Trinajstić information content (AvgIpc) is 3.05. The van der Waals surface area contributed by atoms with Crippen LogP contribution >= 0.6 is 11.3 Å². The average molecular weight is 302 g/mol. The summed E-state index contributed by atoms with van der Waals surface area (Å²) in [6.07, 6.45) is 1.88. The van der Waals surface area contributed by atoms with Crippen LogP contribution in [0.15, 0.2) is 35.8 Å². The van der Waals surface area contributed by atoms with Gasteiger partial charge in [-0.25, -0.2) is 4.98 Å². The van der Waals surface area contributed by atoms with Gasteiger partial charge >= 0.3 is 0 Å². The van der Waals surface area contributed by atoms with Crippen molar-refractivity contribution in [2.75, 3.05) is 37.6 Å². The number of aromatic nitrogens is 1. The molecular formula is C16H22N4S. The predicted molar refractivity (Wildman–Crippen MR) is 88.9 cm³/mol. The topological polar surface area (TPSA) is 45.4 Å². The number of anilines is 1. The molecule has 4 nitrogen and oxygen atoms in total. The molecule has 0 radical (unpaired) electrons. The lowest BCUT2D eigenvalue weighted by Gasteiger charge is -2.39. The van der Waals surface area contributed by atoms with E-state index in [1.165, 1.54) is 11.1 Å². The number of benzene rings is 1. The number of thiazole rings is 1. The third-order valence-electron chi connectivity index (χ3n) is 4.13. The van der Waals surface area contributed by atoms with Crippen molar-refractivity contribution in [1.82, 2.24) is 9.88 Å². The Kier molecular flexibility index (Phi) is 4.53. The molecule has 0 aliphatic carbocycles. The Labute approximate surface area is 130 Å². The molecule has 1 aromatic carbocycles. The molecule has 0 bridgehead atoms. The molecule has 3 rings (SSSR count). The second-order valence-corrected chi connectivity index (χ2v) is 6.37. The number of aryl methyl sites for hydroxylation is 1. The van der Waals surface area contributed by atoms with E-state index in [4.69, 9.17) is 5.73 Å². The van der Waals surface area contributed by atoms with Gasteiger partial charge in [-0.1, -0.05) is 29.8 Å². The number of hydrogen-bond acceptors (Lipinski definition) is 5. The molecule has 2 aromatic rings. The van der Waals surface area contributed by atoms with Gasteiger partial charge in [-0.2, -0.15) is 0 Å². The number of nitrogens with zero attached hydrogens (tertiary/aromatic N) is 3. The van der Waals surface area contributed by atoms with Gasteiger partial charge in [0.25, 0.3) is 0 Å². The molecule has 0 saturated carbocycles. The first-order valence-corrected chi connectivity index (χ1v) is 8.31. The van der Waals surface area contributed by atoms with Gasteiger partial charge in [0.15, 0.2) is 5.13 Å². The first-order chi connectivity index (χ1) is 10.3. The van der Waals surface area contributed by atoms with Crippen LogP contribution in [0.4, 0.5) is 5.13 Å². The van der Waals surface area contributed by atoms with Gasteiger partial charge in [0.1, 0.15) is 0 Å². The van der Waals surface area contributed by atoms with Gasteiger partial charge in [0.2, 0.25) is 0 Å². The van der Waals surface area contributed by atoms with Crippen LogP contribution in [0.2, 0.25) is 0 Å². The van der Waals surface area contributed by atoms with Crippen LogP contribution in [-0.2, 0) is 0 Å². The fraction of sp³-hybridized carbons (Fsp3) is 0.438. The molecule has 2 heterocycles. The molecular weight excluding hydrogens is 280 g/mol. The molecule has 0 spiro atoms. The van der Waals surface area contributed by atoms with Gasteiger partial charge in [-0.15, -0.1) is 11.3 Å². The monoisotopic (exact) mass is 302 g/mol. The van der Waals surface area contributed by atoms with E-state index in [2.05, 4.69) is 46.0 Å². The van der Waals surface area contributed by atoms with E-state index in [1.54, 1.807) is 11.3 Å². The third-order valence-corrected chi connectivity index (χ3v) is 4.96. The lowest BCUT2D eigenvalue weighted by atomic mass is 10.0. The summed E-state index contributed by atoms with van der Waals surface area (Å²) >= 11 is 1.71. The Balaban J connectivity index is 1.65. The Morgan fingerprint density at radius 2 is 1.90 bits per heavy atom. The predicted octanol–water partition coefficient (Wildman–Crippen LogP) is 2.27. The summed E-state index contributed by atoms with van der Waals surface area (Å²) < 4.78 is 0. The molecule has 0 amide bonds. The Bertz CT molecular complexity index is 544. The summed E-state index contributed by atoms with van der Waals surface area (Å²) in [6, 6.07) is 9.08. The van der Waals surface area contributed by atoms with Gasteiger partial charge < -0.3 is 10.6 Å². The summed E-state index contributed by atoms with van der Waals surface area (Å²) in [6.45, 7) is 6.91. The van der Waals surface area contributed by atoms with E-state index < -0.39 is 0 Å². The lowest BCUT2D eigenvalue weighted by Crippen LogP contribution is -2.49. The molecule has 112 valence electrons. The summed E-state index contributed by atoms with van der Waals surface area (Å²) in [7, 11) is 0. The van der Waals surface area contributed by atoms with Gasteiger partial charge in [0.05, 0.1) is 0 Å². The minimum atomic E-state index is 0.323. The zero-order valence-electron chi connectivity index (χ0n) is 12.4. The van der Waals surface area contributed by atoms with E-state index in [0.717, 1.165) is 31.3 Å². The van der Waals surface area contributed by atoms with E-state index in [0.29, 0.717) is 12.6 Å². The van der Waals surface area contributed by atoms with Gasteiger partial charge in [-0.3, -0.25) is 4.90 Å². The molecule has 1 saturated heterocycles. The molecule has 1 aliphatic heterocycles. The smallest absolute Gasteiger partial charge is 0.185 e. The maximum Gasteiger partial charge on any atom is 0.185 e. The minimum absolute atomic E-state index is 0.323. The zero-order chi connectivity index (χ0) is 14.7. The molecule has 1 aromatic heterocycles. The summed E-state index contributed by atoms with van der Waals surface area (Å²) in [5.41, 5.74) is 8.66. The highest BCUT2D eigenvalue weighted by atomic mass is 32.1. The molecule has 1 fully saturated rings. The first-order valence-electron chi connectivity index (χ1n) is 7.43. The number of piperazine rings is 1. The van der Waals surface area contributed by atoms with Crippen LogP contribution in [0, 0.1) is 6.92 Å². The molecule has 5 heteroatoms. The highest BCUT2D eigenvalue weighted by Crippen LogP contribution is 2.24. The molecule has 21 heavy (non-hydrogen) atoms. The molecule has 1 unspecified atom stereocenters. The molecule has 2 N–H and O–H groups in total. The normalized spacial score (nSPS) is 17.9. The zero-order valence-corrected chi connectivity index (χ0v) is 13.2. The van der Waals surface area contributed by atoms with Crippen LogP contribution < -0.4 is 10.6 Å². The SMILES string of the molecule is Cc1ccc(C(CN)N2CCN(c3nccs3)CC2)cc1. The third kappa shape index (κ3) is 3.26. The lowest BCUT2D eigenvalue weighted by molar-refractivity contribution is 0.190. The van der Waals surface area contributed by atoms with Crippen molar-refractivity contribution >= 4 is 16.5 Å². The Hall–Kier alpha value is -1.43. The summed E-state index contributed by atoms with van der Waals surface area (Å²) in [4.78, 5) is 9.26. The van der Waals surface area contributed by atoms with Crippen LogP contribution in [0.3, 0.4) is 0 Å². The minimum Gasteiger partial charge on any atom is -0.346 e. The van der Waals surface area contributed by atoms with E-state index >= 15 is 0 Å². The molecule has 1 aliphatic rings. The van der Waals surface area contributed by atoms with Crippen molar-refractivity contribution in [2.45, 2.75) is 13.0 Å². The maximum atomic E-state index is 6.04. The second-order valence-electron chi connectivity index (χ2n) is 5.50. The van der Waals surface area contributed by atoms with Crippen molar-refractivity contribution in [2.24, 2.45) is 5.73 Å². The number of rotatable bonds is 4. The standard InChI is InChI=1S/C16H22N4S/c1-13-2-4-14(5-3-13)15(12-17)19-7-9-20(10-8-19)16-18-6-11-21-16/h2-6,11,15H,7-10,12,17H2,1H3. The van der Waals surface area contributed by atoms with Crippen molar-refractivity contribution < 1.29 is 0 Å². The largest absolute Gasteiger partial charge is 0.346 e. The van der Waals surface area contributed by atoms with Crippen LogP contribution in [0.5, 0.6) is 0 Å². The summed E-state index contributed by atoms with van der Waals surface area (Å²) in [5, 5.41) is 3.17. The number of hydrogen-bond donors (Lipinski definition) is 1. The van der Waals surface area contributed by atoms with Crippen molar-refractivity contribution in [3.05, 3.63) is 47.0 Å². The van der Waals surface area contributed by atoms with Crippen molar-refractivity contribution in [1.29, 1.82) is 0 Å². The summed E-state index contributed by atoms with van der Waals surface area (Å²) in [5.74, 6) is 0. The fourth-order valence-corrected chi connectivity index (χ4v) is 3.58. The van der Waals surface area contributed by atoms with Crippen LogP contribution in [-0.4, -0.2) is 42.6 Å². The van der Waals surface area contributed by atoms with E-state index in [9.17, 15) is 0 Å². The number of nitrogens with two attached hydrogens (primary N) is 1. The fourth-order valence-electron chi connectivity index (χ4n) is 2.88. The first kappa shape index (κ1) is 14.5. The van der Waals surface area contributed by atoms with Crippen LogP contribution in [0.1, 0.15) is 17.2 Å². The van der Waals surface area contributed by atoms with Crippen LogP contribution in [0.25, 0.3) is 0 Å². The van der Waals surface area contributed by atoms with Gasteiger partial charge in [-0.05, 0) is 12.5 Å². The molecule has 1 atom stereocenters. The van der Waals surface area contributed by atoms with Crippen molar-refractivity contribution in [3.8, 4) is 0 Å². The maximum absolute atomic E-state index is 6.04. The quantitative estimate of drug-likeness (QED) is 0.941. The Morgan fingerprint density at radius 3 is 2.48 bits per heavy atom. The Morgan fingerprint density at radius 1 is 1.19 bits per heavy atom. The van der Waals surface area contributed by atoms with E-state index in [1.807, 2.05) is 11.6 Å². The van der Waals surface area contributed by atoms with E-state index in [-0.39, 0.29) is 0 Å². The highest BCUT2D eigenvalue weighted by Gasteiger charge is 2.24.